The molecule has 2 aromatic rings. The minimum absolute atomic E-state index is 0.0573. The van der Waals surface area contributed by atoms with Crippen molar-refractivity contribution in [1.29, 1.82) is 0 Å². The molecule has 0 radical (unpaired) electrons. The smallest absolute Gasteiger partial charge is 0.270 e. The van der Waals surface area contributed by atoms with Gasteiger partial charge in [0.2, 0.25) is 0 Å². The van der Waals surface area contributed by atoms with Gasteiger partial charge in [0.15, 0.2) is 0 Å². The van der Waals surface area contributed by atoms with E-state index in [4.69, 9.17) is 10.5 Å². The lowest BCUT2D eigenvalue weighted by Crippen LogP contribution is -2.21. The number of nitro groups is 1. The summed E-state index contributed by atoms with van der Waals surface area (Å²) in [6, 6.07) is 12.4. The summed E-state index contributed by atoms with van der Waals surface area (Å²) in [5.41, 5.74) is 9.27. The lowest BCUT2D eigenvalue weighted by atomic mass is 10.0. The van der Waals surface area contributed by atoms with Crippen molar-refractivity contribution in [3.63, 3.8) is 0 Å². The van der Waals surface area contributed by atoms with Crippen LogP contribution in [0, 0.1) is 10.1 Å². The topological polar surface area (TPSA) is 81.6 Å². The number of nitrogens with zero attached hydrogens (tertiary/aromatic N) is 2. The summed E-state index contributed by atoms with van der Waals surface area (Å²) in [5.74, 6) is 0.679. The van der Waals surface area contributed by atoms with Crippen molar-refractivity contribution in [3.05, 3.63) is 82.2 Å². The van der Waals surface area contributed by atoms with Gasteiger partial charge >= 0.3 is 0 Å². The molecule has 1 heterocycles. The third kappa shape index (κ3) is 3.80. The van der Waals surface area contributed by atoms with Gasteiger partial charge in [0.25, 0.3) is 5.69 Å². The highest BCUT2D eigenvalue weighted by Crippen LogP contribution is 2.33. The molecular formula is C19H19N3O3. The number of benzene rings is 2. The maximum Gasteiger partial charge on any atom is 0.270 e. The Bertz CT molecular complexity index is 859. The number of non-ortho nitro benzene ring substituents is 1. The van der Waals surface area contributed by atoms with Crippen molar-refractivity contribution in [2.75, 3.05) is 13.7 Å². The Kier molecular flexibility index (Phi) is 4.70. The molecule has 1 aliphatic heterocycles. The van der Waals surface area contributed by atoms with E-state index in [2.05, 4.69) is 4.90 Å². The molecule has 0 aliphatic carbocycles. The van der Waals surface area contributed by atoms with Crippen molar-refractivity contribution in [1.82, 2.24) is 4.90 Å². The Morgan fingerprint density at radius 3 is 2.84 bits per heavy atom. The van der Waals surface area contributed by atoms with E-state index in [0.717, 1.165) is 28.9 Å². The van der Waals surface area contributed by atoms with Crippen LogP contribution in [0.4, 0.5) is 5.69 Å². The maximum atomic E-state index is 11.0. The zero-order valence-electron chi connectivity index (χ0n) is 13.9. The normalized spacial score (nSPS) is 13.5. The van der Waals surface area contributed by atoms with Crippen molar-refractivity contribution in [3.8, 4) is 16.9 Å². The summed E-state index contributed by atoms with van der Waals surface area (Å²) in [4.78, 5) is 12.8. The SMILES string of the molecule is COc1ccc(CN2C=C(N)C=CC2)cc1-c1cccc([N+](=O)[O-])c1. The van der Waals surface area contributed by atoms with Crippen LogP contribution >= 0.6 is 0 Å². The molecule has 1 aliphatic rings. The molecule has 6 nitrogen and oxygen atoms in total. The summed E-state index contributed by atoms with van der Waals surface area (Å²) in [5, 5.41) is 11.0. The fourth-order valence-electron chi connectivity index (χ4n) is 2.84. The lowest BCUT2D eigenvalue weighted by molar-refractivity contribution is -0.384. The first-order chi connectivity index (χ1) is 12.1. The number of hydrogen-bond acceptors (Lipinski definition) is 5. The van der Waals surface area contributed by atoms with Gasteiger partial charge in [-0.25, -0.2) is 0 Å². The highest BCUT2D eigenvalue weighted by atomic mass is 16.6. The van der Waals surface area contributed by atoms with E-state index in [-0.39, 0.29) is 5.69 Å². The number of methoxy groups -OCH3 is 1. The van der Waals surface area contributed by atoms with E-state index in [1.807, 2.05) is 42.6 Å². The Hall–Kier alpha value is -3.28. The van der Waals surface area contributed by atoms with E-state index in [1.165, 1.54) is 6.07 Å². The second kappa shape index (κ2) is 7.09. The van der Waals surface area contributed by atoms with Crippen LogP contribution in [0.15, 0.2) is 66.5 Å². The van der Waals surface area contributed by atoms with E-state index in [9.17, 15) is 10.1 Å². The predicted molar refractivity (Wildman–Crippen MR) is 96.9 cm³/mol. The highest BCUT2D eigenvalue weighted by Gasteiger charge is 2.13. The van der Waals surface area contributed by atoms with Gasteiger partial charge in [-0.1, -0.05) is 24.3 Å². The maximum absolute atomic E-state index is 11.0. The Morgan fingerprint density at radius 2 is 2.12 bits per heavy atom. The number of rotatable bonds is 5. The molecule has 0 spiro atoms. The molecule has 0 aromatic heterocycles. The van der Waals surface area contributed by atoms with Crippen molar-refractivity contribution < 1.29 is 9.66 Å². The van der Waals surface area contributed by atoms with Crippen LogP contribution in [0.25, 0.3) is 11.1 Å². The first-order valence-electron chi connectivity index (χ1n) is 7.86. The predicted octanol–water partition coefficient (Wildman–Crippen LogP) is 3.44. The first-order valence-corrected chi connectivity index (χ1v) is 7.86. The van der Waals surface area contributed by atoms with Gasteiger partial charge in [-0.15, -0.1) is 0 Å². The molecule has 3 rings (SSSR count). The van der Waals surface area contributed by atoms with E-state index < -0.39 is 4.92 Å². The van der Waals surface area contributed by atoms with Gasteiger partial charge in [-0.3, -0.25) is 10.1 Å². The van der Waals surface area contributed by atoms with Crippen LogP contribution in [0.2, 0.25) is 0 Å². The largest absolute Gasteiger partial charge is 0.496 e. The second-order valence-corrected chi connectivity index (χ2v) is 5.80. The van der Waals surface area contributed by atoms with Crippen molar-refractivity contribution in [2.45, 2.75) is 6.54 Å². The molecule has 0 amide bonds. The summed E-state index contributed by atoms with van der Waals surface area (Å²) in [6.07, 6.45) is 5.82. The number of nitrogens with two attached hydrogens (primary N) is 1. The average Bonchev–Trinajstić information content (AvgIpc) is 2.62. The fourth-order valence-corrected chi connectivity index (χ4v) is 2.84. The second-order valence-electron chi connectivity index (χ2n) is 5.80. The zero-order chi connectivity index (χ0) is 17.8. The van der Waals surface area contributed by atoms with Crippen molar-refractivity contribution in [2.24, 2.45) is 5.73 Å². The number of ether oxygens (including phenoxy) is 1. The lowest BCUT2D eigenvalue weighted by Gasteiger charge is -2.22. The molecule has 0 saturated heterocycles. The standard InChI is InChI=1S/C19H19N3O3/c1-25-19-8-7-14(12-21-9-3-5-16(20)13-21)10-18(19)15-4-2-6-17(11-15)22(23)24/h2-8,10-11,13H,9,12,20H2,1H3. The quantitative estimate of drug-likeness (QED) is 0.667. The van der Waals surface area contributed by atoms with E-state index in [1.54, 1.807) is 19.2 Å². The molecule has 128 valence electrons. The summed E-state index contributed by atoms with van der Waals surface area (Å²) >= 11 is 0. The third-order valence-electron chi connectivity index (χ3n) is 4.00. The van der Waals surface area contributed by atoms with Crippen LogP contribution in [-0.4, -0.2) is 23.5 Å². The van der Waals surface area contributed by atoms with Gasteiger partial charge in [-0.2, -0.15) is 0 Å². The van der Waals surface area contributed by atoms with Crippen LogP contribution < -0.4 is 10.5 Å². The van der Waals surface area contributed by atoms with Gasteiger partial charge in [0, 0.05) is 42.7 Å². The molecule has 0 saturated carbocycles. The molecule has 0 bridgehead atoms. The van der Waals surface area contributed by atoms with Crippen LogP contribution in [0.5, 0.6) is 5.75 Å². The fraction of sp³-hybridized carbons (Fsp3) is 0.158. The zero-order valence-corrected chi connectivity index (χ0v) is 13.9. The average molecular weight is 337 g/mol. The number of allylic oxidation sites excluding steroid dienone is 1. The van der Waals surface area contributed by atoms with Gasteiger partial charge in [0.05, 0.1) is 12.0 Å². The highest BCUT2D eigenvalue weighted by molar-refractivity contribution is 5.73. The van der Waals surface area contributed by atoms with Gasteiger partial charge < -0.3 is 15.4 Å². The molecule has 2 aromatic carbocycles. The summed E-state index contributed by atoms with van der Waals surface area (Å²) in [6.45, 7) is 1.48. The van der Waals surface area contributed by atoms with E-state index >= 15 is 0 Å². The monoisotopic (exact) mass is 337 g/mol. The molecule has 0 unspecified atom stereocenters. The number of nitro benzene ring substituents is 1. The van der Waals surface area contributed by atoms with Gasteiger partial charge in [0.1, 0.15) is 5.75 Å². The first kappa shape index (κ1) is 16.6. The summed E-state index contributed by atoms with van der Waals surface area (Å²) in [7, 11) is 1.59. The minimum atomic E-state index is -0.395. The Labute approximate surface area is 146 Å². The third-order valence-corrected chi connectivity index (χ3v) is 4.00. The minimum Gasteiger partial charge on any atom is -0.496 e. The Balaban J connectivity index is 1.94. The van der Waals surface area contributed by atoms with Gasteiger partial charge in [-0.05, 0) is 29.3 Å². The molecular weight excluding hydrogens is 318 g/mol. The van der Waals surface area contributed by atoms with Crippen LogP contribution in [0.3, 0.4) is 0 Å². The summed E-state index contributed by atoms with van der Waals surface area (Å²) < 4.78 is 5.44. The van der Waals surface area contributed by atoms with Crippen molar-refractivity contribution >= 4 is 5.69 Å². The van der Waals surface area contributed by atoms with E-state index in [0.29, 0.717) is 12.3 Å². The molecule has 6 heteroatoms. The molecule has 25 heavy (non-hydrogen) atoms. The molecule has 0 atom stereocenters. The van der Waals surface area contributed by atoms with Crippen LogP contribution in [-0.2, 0) is 6.54 Å². The van der Waals surface area contributed by atoms with Crippen LogP contribution in [0.1, 0.15) is 5.56 Å². The molecule has 0 fully saturated rings. The number of hydrogen-bond donors (Lipinski definition) is 1. The Morgan fingerprint density at radius 1 is 1.28 bits per heavy atom. The molecule has 2 N–H and O–H groups in total.